The average molecular weight is 576 g/mol. The summed E-state index contributed by atoms with van der Waals surface area (Å²) < 4.78 is 16.6. The van der Waals surface area contributed by atoms with Crippen molar-refractivity contribution in [2.45, 2.75) is 58.3 Å². The molecule has 8 rings (SSSR count). The van der Waals surface area contributed by atoms with Gasteiger partial charge in [0.1, 0.15) is 5.92 Å². The first kappa shape index (κ1) is 26.6. The molecule has 5 aliphatic rings. The zero-order valence-electron chi connectivity index (χ0n) is 25.2. The number of nitrogens with one attached hydrogen (secondary N) is 1. The first-order valence-electron chi connectivity index (χ1n) is 15.5. The highest BCUT2D eigenvalue weighted by atomic mass is 16.7. The van der Waals surface area contributed by atoms with Crippen molar-refractivity contribution in [2.75, 3.05) is 19.2 Å². The molecule has 2 unspecified atom stereocenters. The molecule has 1 N–H and O–H groups in total. The summed E-state index contributed by atoms with van der Waals surface area (Å²) in [7, 11) is 1.43. The second-order valence-electron chi connectivity index (χ2n) is 13.7. The standard InChI is InChI=1S/C37H37NO5/c1-36(2)22-13-14-37(36,3)23(16-22)17-26-31-24-8-6-5-7-20(24)9-11-27(31)38-34-32(26)28(39)18-25(33(34)35(40)41-4)21-10-12-29-30(15-21)43-19-42-29/h5-12,15,17,22,25-26,33,38H,13-14,16,18-19H2,1-4H3/t22?,25-,26-,33-,37?/m1/s1. The normalized spacial score (nSPS) is 30.8. The predicted molar refractivity (Wildman–Crippen MR) is 165 cm³/mol. The van der Waals surface area contributed by atoms with Crippen molar-refractivity contribution in [3.63, 3.8) is 0 Å². The van der Waals surface area contributed by atoms with Gasteiger partial charge in [-0.15, -0.1) is 0 Å². The van der Waals surface area contributed by atoms with E-state index in [2.05, 4.69) is 68.6 Å². The van der Waals surface area contributed by atoms with Crippen LogP contribution in [0.4, 0.5) is 5.69 Å². The Morgan fingerprint density at radius 3 is 2.60 bits per heavy atom. The Morgan fingerprint density at radius 2 is 1.84 bits per heavy atom. The molecular weight excluding hydrogens is 538 g/mol. The molecule has 3 aliphatic carbocycles. The molecule has 220 valence electrons. The predicted octanol–water partition coefficient (Wildman–Crippen LogP) is 7.65. The number of anilines is 1. The fraction of sp³-hybridized carbons (Fsp3) is 0.405. The number of rotatable bonds is 3. The summed E-state index contributed by atoms with van der Waals surface area (Å²) in [4.78, 5) is 28.1. The van der Waals surface area contributed by atoms with Gasteiger partial charge >= 0.3 is 5.97 Å². The van der Waals surface area contributed by atoms with Crippen molar-refractivity contribution in [1.29, 1.82) is 0 Å². The maximum absolute atomic E-state index is 14.5. The molecule has 0 radical (unpaired) electrons. The summed E-state index contributed by atoms with van der Waals surface area (Å²) in [6.45, 7) is 7.41. The highest BCUT2D eigenvalue weighted by Crippen LogP contribution is 2.68. The molecule has 5 atom stereocenters. The summed E-state index contributed by atoms with van der Waals surface area (Å²) >= 11 is 0. The number of ether oxygens (including phenoxy) is 3. The molecule has 6 heteroatoms. The van der Waals surface area contributed by atoms with Crippen LogP contribution in [-0.4, -0.2) is 25.7 Å². The first-order valence-corrected chi connectivity index (χ1v) is 15.5. The van der Waals surface area contributed by atoms with Gasteiger partial charge in [0.2, 0.25) is 6.79 Å². The van der Waals surface area contributed by atoms with Crippen LogP contribution in [0.25, 0.3) is 10.8 Å². The van der Waals surface area contributed by atoms with Crippen molar-refractivity contribution in [1.82, 2.24) is 0 Å². The number of Topliss-reactive ketones (excluding diaryl/α,β-unsaturated/α-hetero) is 1. The topological polar surface area (TPSA) is 73.9 Å². The van der Waals surface area contributed by atoms with E-state index in [-0.39, 0.29) is 41.7 Å². The van der Waals surface area contributed by atoms with Gasteiger partial charge in [0, 0.05) is 35.2 Å². The monoisotopic (exact) mass is 575 g/mol. The molecule has 0 saturated heterocycles. The zero-order valence-corrected chi connectivity index (χ0v) is 25.2. The summed E-state index contributed by atoms with van der Waals surface area (Å²) in [6, 6.07) is 18.3. The Hall–Kier alpha value is -4.06. The molecule has 3 aromatic rings. The van der Waals surface area contributed by atoms with Crippen LogP contribution in [0, 0.1) is 22.7 Å². The van der Waals surface area contributed by atoms with E-state index in [4.69, 9.17) is 14.2 Å². The summed E-state index contributed by atoms with van der Waals surface area (Å²) in [5.74, 6) is 0.364. The summed E-state index contributed by atoms with van der Waals surface area (Å²) in [5.41, 5.74) is 6.04. The molecule has 3 aromatic carbocycles. The number of hydrogen-bond acceptors (Lipinski definition) is 6. The Bertz CT molecular complexity index is 1780. The lowest BCUT2D eigenvalue weighted by atomic mass is 9.65. The van der Waals surface area contributed by atoms with Gasteiger partial charge in [0.05, 0.1) is 7.11 Å². The number of methoxy groups -OCH3 is 1. The van der Waals surface area contributed by atoms with E-state index >= 15 is 0 Å². The molecular formula is C37H37NO5. The molecule has 6 nitrogen and oxygen atoms in total. The van der Waals surface area contributed by atoms with Crippen LogP contribution in [0.2, 0.25) is 0 Å². The molecule has 0 spiro atoms. The van der Waals surface area contributed by atoms with Gasteiger partial charge in [0.15, 0.2) is 17.3 Å². The van der Waals surface area contributed by atoms with E-state index in [0.29, 0.717) is 28.7 Å². The van der Waals surface area contributed by atoms with E-state index in [9.17, 15) is 9.59 Å². The first-order chi connectivity index (χ1) is 20.7. The fourth-order valence-electron chi connectivity index (χ4n) is 8.96. The van der Waals surface area contributed by atoms with Gasteiger partial charge in [0.25, 0.3) is 0 Å². The number of fused-ring (bicyclic) bond motifs is 6. The fourth-order valence-corrected chi connectivity index (χ4v) is 8.96. The van der Waals surface area contributed by atoms with Crippen LogP contribution in [0.15, 0.2) is 77.5 Å². The third-order valence-corrected chi connectivity index (χ3v) is 11.8. The van der Waals surface area contributed by atoms with Gasteiger partial charge in [-0.1, -0.05) is 68.8 Å². The smallest absolute Gasteiger partial charge is 0.315 e. The van der Waals surface area contributed by atoms with Crippen molar-refractivity contribution in [3.05, 3.63) is 88.6 Å². The number of hydrogen-bond donors (Lipinski definition) is 1. The average Bonchev–Trinajstić information content (AvgIpc) is 3.62. The van der Waals surface area contributed by atoms with Gasteiger partial charge in [-0.2, -0.15) is 0 Å². The molecule has 0 amide bonds. The minimum absolute atomic E-state index is 0.0679. The number of allylic oxidation sites excluding steroid dienone is 3. The van der Waals surface area contributed by atoms with E-state index in [0.717, 1.165) is 34.0 Å². The van der Waals surface area contributed by atoms with Crippen molar-refractivity contribution >= 4 is 28.2 Å². The van der Waals surface area contributed by atoms with E-state index in [1.807, 2.05) is 18.2 Å². The number of carbonyl (C=O) groups is 2. The quantitative estimate of drug-likeness (QED) is 0.255. The lowest BCUT2D eigenvalue weighted by Crippen LogP contribution is -2.39. The number of carbonyl (C=O) groups excluding carboxylic acids is 2. The van der Waals surface area contributed by atoms with Crippen molar-refractivity contribution in [2.24, 2.45) is 22.7 Å². The SMILES string of the molecule is COC(=O)[C@H]1C2=C(C(=O)C[C@@H]1c1ccc3c(c1)OCO3)[C@H](C=C1CC3CCC1(C)C3(C)C)c1c(ccc3ccccc13)N2. The van der Waals surface area contributed by atoms with Gasteiger partial charge in [-0.25, -0.2) is 0 Å². The van der Waals surface area contributed by atoms with E-state index in [1.165, 1.54) is 25.5 Å². The van der Waals surface area contributed by atoms with Crippen LogP contribution in [0.1, 0.15) is 69.4 Å². The van der Waals surface area contributed by atoms with Gasteiger partial charge in [-0.3, -0.25) is 9.59 Å². The third-order valence-electron chi connectivity index (χ3n) is 11.8. The minimum atomic E-state index is -0.661. The highest BCUT2D eigenvalue weighted by molar-refractivity contribution is 6.06. The second kappa shape index (κ2) is 9.22. The Balaban J connectivity index is 1.34. The highest BCUT2D eigenvalue weighted by Gasteiger charge is 2.59. The lowest BCUT2D eigenvalue weighted by molar-refractivity contribution is -0.145. The molecule has 2 fully saturated rings. The van der Waals surface area contributed by atoms with Crippen LogP contribution in [-0.2, 0) is 14.3 Å². The van der Waals surface area contributed by atoms with E-state index in [1.54, 1.807) is 0 Å². The molecule has 2 aliphatic heterocycles. The van der Waals surface area contributed by atoms with Crippen molar-refractivity contribution in [3.8, 4) is 11.5 Å². The number of esters is 1. The van der Waals surface area contributed by atoms with Crippen LogP contribution >= 0.6 is 0 Å². The molecule has 0 aromatic heterocycles. The molecule has 2 saturated carbocycles. The molecule has 43 heavy (non-hydrogen) atoms. The largest absolute Gasteiger partial charge is 0.468 e. The minimum Gasteiger partial charge on any atom is -0.468 e. The van der Waals surface area contributed by atoms with Crippen molar-refractivity contribution < 1.29 is 23.8 Å². The van der Waals surface area contributed by atoms with Gasteiger partial charge < -0.3 is 19.5 Å². The lowest BCUT2D eigenvalue weighted by Gasteiger charge is -2.41. The third kappa shape index (κ3) is 3.65. The Morgan fingerprint density at radius 1 is 1.02 bits per heavy atom. The second-order valence-corrected chi connectivity index (χ2v) is 13.7. The number of benzene rings is 3. The number of ketones is 1. The summed E-state index contributed by atoms with van der Waals surface area (Å²) in [5, 5.41) is 5.90. The Kier molecular flexibility index (Phi) is 5.69. The summed E-state index contributed by atoms with van der Waals surface area (Å²) in [6.07, 6.45) is 6.10. The maximum atomic E-state index is 14.5. The van der Waals surface area contributed by atoms with Crippen LogP contribution in [0.3, 0.4) is 0 Å². The maximum Gasteiger partial charge on any atom is 0.315 e. The van der Waals surface area contributed by atoms with E-state index < -0.39 is 11.8 Å². The Labute approximate surface area is 252 Å². The molecule has 2 heterocycles. The van der Waals surface area contributed by atoms with Crippen LogP contribution in [0.5, 0.6) is 11.5 Å². The zero-order chi connectivity index (χ0) is 29.7. The van der Waals surface area contributed by atoms with Crippen LogP contribution < -0.4 is 14.8 Å². The molecule has 2 bridgehead atoms. The van der Waals surface area contributed by atoms with Gasteiger partial charge in [-0.05, 0) is 76.1 Å².